The number of likely N-dealkylation sites (N-methyl/N-ethyl adjacent to an activating group) is 1. The number of hydrogen-bond acceptors (Lipinski definition) is 6. The van der Waals surface area contributed by atoms with Crippen molar-refractivity contribution in [3.05, 3.63) is 64.0 Å². The van der Waals surface area contributed by atoms with Crippen LogP contribution in [0.3, 0.4) is 0 Å². The zero-order valence-electron chi connectivity index (χ0n) is 19.5. The topological polar surface area (TPSA) is 102 Å². The van der Waals surface area contributed by atoms with Gasteiger partial charge in [-0.05, 0) is 43.8 Å². The fourth-order valence-electron chi connectivity index (χ4n) is 4.69. The van der Waals surface area contributed by atoms with Crippen LogP contribution in [-0.4, -0.2) is 76.0 Å². The number of benzene rings is 2. The lowest BCUT2D eigenvalue weighted by Crippen LogP contribution is -2.57. The molecule has 4 aromatic rings. The maximum Gasteiger partial charge on any atom is 0.264 e. The zero-order chi connectivity index (χ0) is 24.7. The average molecular weight is 496 g/mol. The molecule has 3 N–H and O–H groups in total. The molecule has 0 saturated carbocycles. The van der Waals surface area contributed by atoms with Crippen molar-refractivity contribution in [2.45, 2.75) is 19.6 Å². The number of carbonyl (C=O) groups excluding carboxylic acids is 2. The van der Waals surface area contributed by atoms with Crippen LogP contribution in [-0.2, 0) is 6.61 Å². The minimum absolute atomic E-state index is 0.141. The number of amides is 2. The van der Waals surface area contributed by atoms with E-state index in [2.05, 4.69) is 20.2 Å². The standard InChI is InChI=1S/C25H26FN5O3S/c1-14-21-17(26)6-4-8-19(21)35-23(14)25(34)31-10-9-30(2)12-15(31)11-27-24(33)16-5-3-7-18-22(16)29-20(13-32)28-18/h3-8,15,32H,9-13H2,1-2H3,(H,27,33)(H,28,29). The first kappa shape index (κ1) is 23.4. The Bertz CT molecular complexity index is 1430. The van der Waals surface area contributed by atoms with Crippen LogP contribution in [0, 0.1) is 12.7 Å². The fourth-order valence-corrected chi connectivity index (χ4v) is 5.87. The summed E-state index contributed by atoms with van der Waals surface area (Å²) in [5.41, 5.74) is 2.21. The Morgan fingerprint density at radius 1 is 1.26 bits per heavy atom. The molecule has 2 aromatic carbocycles. The van der Waals surface area contributed by atoms with E-state index in [1.54, 1.807) is 36.1 Å². The molecular formula is C25H26FN5O3S. The number of H-pyrrole nitrogens is 1. The summed E-state index contributed by atoms with van der Waals surface area (Å²) in [6, 6.07) is 9.88. The first-order valence-corrected chi connectivity index (χ1v) is 12.2. The quantitative estimate of drug-likeness (QED) is 0.395. The number of piperazine rings is 1. The van der Waals surface area contributed by atoms with E-state index in [9.17, 15) is 19.1 Å². The highest BCUT2D eigenvalue weighted by molar-refractivity contribution is 7.21. The van der Waals surface area contributed by atoms with Crippen molar-refractivity contribution in [1.82, 2.24) is 25.1 Å². The summed E-state index contributed by atoms with van der Waals surface area (Å²) in [6.45, 7) is 3.63. The van der Waals surface area contributed by atoms with Gasteiger partial charge in [0.15, 0.2) is 0 Å². The number of aromatic amines is 1. The third-order valence-electron chi connectivity index (χ3n) is 6.50. The van der Waals surface area contributed by atoms with E-state index >= 15 is 0 Å². The van der Waals surface area contributed by atoms with Gasteiger partial charge in [0.1, 0.15) is 23.8 Å². The van der Waals surface area contributed by atoms with Gasteiger partial charge in [-0.15, -0.1) is 11.3 Å². The lowest BCUT2D eigenvalue weighted by Gasteiger charge is -2.40. The Kier molecular flexibility index (Phi) is 6.26. The van der Waals surface area contributed by atoms with E-state index in [-0.39, 0.29) is 36.8 Å². The summed E-state index contributed by atoms with van der Waals surface area (Å²) in [4.78, 5) is 38.4. The first-order chi connectivity index (χ1) is 16.9. The Morgan fingerprint density at radius 3 is 2.83 bits per heavy atom. The van der Waals surface area contributed by atoms with Crippen LogP contribution in [0.1, 0.15) is 31.4 Å². The smallest absolute Gasteiger partial charge is 0.264 e. The van der Waals surface area contributed by atoms with Crippen molar-refractivity contribution in [2.24, 2.45) is 0 Å². The summed E-state index contributed by atoms with van der Waals surface area (Å²) in [5.74, 6) is -0.375. The third-order valence-corrected chi connectivity index (χ3v) is 7.74. The summed E-state index contributed by atoms with van der Waals surface area (Å²) in [7, 11) is 1.98. The highest BCUT2D eigenvalue weighted by atomic mass is 32.1. The predicted octanol–water partition coefficient (Wildman–Crippen LogP) is 2.90. The molecule has 1 atom stereocenters. The molecule has 2 amide bonds. The molecule has 0 aliphatic carbocycles. The lowest BCUT2D eigenvalue weighted by molar-refractivity contribution is 0.0496. The summed E-state index contributed by atoms with van der Waals surface area (Å²) in [6.07, 6.45) is 0. The predicted molar refractivity (Wildman–Crippen MR) is 133 cm³/mol. The summed E-state index contributed by atoms with van der Waals surface area (Å²) >= 11 is 1.31. The number of aliphatic hydroxyl groups is 1. The SMILES string of the molecule is Cc1c(C(=O)N2CCN(C)CC2CNC(=O)c2cccc3[nH]c(CO)nc23)sc2cccc(F)c12. The van der Waals surface area contributed by atoms with E-state index in [1.165, 1.54) is 17.4 Å². The van der Waals surface area contributed by atoms with Gasteiger partial charge < -0.3 is 25.2 Å². The number of nitrogens with zero attached hydrogens (tertiary/aromatic N) is 3. The number of hydrogen-bond donors (Lipinski definition) is 3. The Morgan fingerprint density at radius 2 is 2.06 bits per heavy atom. The minimum atomic E-state index is -0.325. The maximum atomic E-state index is 14.4. The van der Waals surface area contributed by atoms with Gasteiger partial charge in [-0.2, -0.15) is 0 Å². The fraction of sp³-hybridized carbons (Fsp3) is 0.320. The number of aliphatic hydroxyl groups excluding tert-OH is 1. The molecule has 1 saturated heterocycles. The highest BCUT2D eigenvalue weighted by Gasteiger charge is 2.32. The number of rotatable bonds is 5. The third kappa shape index (κ3) is 4.29. The first-order valence-electron chi connectivity index (χ1n) is 11.4. The molecule has 3 heterocycles. The number of aromatic nitrogens is 2. The highest BCUT2D eigenvalue weighted by Crippen LogP contribution is 2.34. The molecule has 8 nitrogen and oxygen atoms in total. The van der Waals surface area contributed by atoms with Crippen LogP contribution in [0.2, 0.25) is 0 Å². The maximum absolute atomic E-state index is 14.4. The van der Waals surface area contributed by atoms with Gasteiger partial charge in [-0.1, -0.05) is 12.1 Å². The summed E-state index contributed by atoms with van der Waals surface area (Å²) < 4.78 is 15.2. The van der Waals surface area contributed by atoms with Crippen molar-refractivity contribution in [3.63, 3.8) is 0 Å². The number of para-hydroxylation sites is 1. The molecule has 1 unspecified atom stereocenters. The molecule has 35 heavy (non-hydrogen) atoms. The van der Waals surface area contributed by atoms with Gasteiger partial charge in [0, 0.05) is 36.3 Å². The van der Waals surface area contributed by atoms with Gasteiger partial charge in [-0.3, -0.25) is 9.59 Å². The molecule has 0 spiro atoms. The van der Waals surface area contributed by atoms with Crippen LogP contribution in [0.25, 0.3) is 21.1 Å². The zero-order valence-corrected chi connectivity index (χ0v) is 20.3. The molecule has 1 aliphatic heterocycles. The van der Waals surface area contributed by atoms with Crippen molar-refractivity contribution < 1.29 is 19.1 Å². The van der Waals surface area contributed by atoms with Crippen molar-refractivity contribution in [2.75, 3.05) is 33.2 Å². The largest absolute Gasteiger partial charge is 0.388 e. The molecule has 2 aromatic heterocycles. The minimum Gasteiger partial charge on any atom is -0.388 e. The average Bonchev–Trinajstić information content (AvgIpc) is 3.43. The van der Waals surface area contributed by atoms with Crippen LogP contribution in [0.4, 0.5) is 4.39 Å². The summed E-state index contributed by atoms with van der Waals surface area (Å²) in [5, 5.41) is 12.8. The number of fused-ring (bicyclic) bond motifs is 2. The second kappa shape index (κ2) is 9.37. The molecular weight excluding hydrogens is 469 g/mol. The molecule has 1 aliphatic rings. The monoisotopic (exact) mass is 495 g/mol. The van der Waals surface area contributed by atoms with E-state index in [4.69, 9.17) is 0 Å². The van der Waals surface area contributed by atoms with Gasteiger partial charge in [0.05, 0.1) is 22.0 Å². The van der Waals surface area contributed by atoms with E-state index < -0.39 is 0 Å². The molecule has 5 rings (SSSR count). The van der Waals surface area contributed by atoms with Gasteiger partial charge in [-0.25, -0.2) is 9.37 Å². The Balaban J connectivity index is 1.37. The van der Waals surface area contributed by atoms with E-state index in [0.29, 0.717) is 57.9 Å². The van der Waals surface area contributed by atoms with E-state index in [0.717, 1.165) is 4.70 Å². The normalized spacial score (nSPS) is 16.8. The molecule has 10 heteroatoms. The van der Waals surface area contributed by atoms with Crippen LogP contribution in [0.5, 0.6) is 0 Å². The van der Waals surface area contributed by atoms with Crippen LogP contribution in [0.15, 0.2) is 36.4 Å². The van der Waals surface area contributed by atoms with Crippen molar-refractivity contribution >= 4 is 44.3 Å². The number of aryl methyl sites for hydroxylation is 1. The van der Waals surface area contributed by atoms with Crippen LogP contribution < -0.4 is 5.32 Å². The van der Waals surface area contributed by atoms with Crippen molar-refractivity contribution in [1.29, 1.82) is 0 Å². The number of carbonyl (C=O) groups is 2. The molecule has 0 radical (unpaired) electrons. The molecule has 0 bridgehead atoms. The number of thiophene rings is 1. The second-order valence-electron chi connectivity index (χ2n) is 8.84. The number of nitrogens with one attached hydrogen (secondary N) is 2. The number of halogens is 1. The lowest BCUT2D eigenvalue weighted by atomic mass is 10.1. The second-order valence-corrected chi connectivity index (χ2v) is 9.89. The van der Waals surface area contributed by atoms with Crippen LogP contribution >= 0.6 is 11.3 Å². The van der Waals surface area contributed by atoms with E-state index in [1.807, 2.05) is 13.1 Å². The molecule has 182 valence electrons. The number of imidazole rings is 1. The van der Waals surface area contributed by atoms with Gasteiger partial charge in [0.2, 0.25) is 0 Å². The Hall–Kier alpha value is -3.34. The Labute approximate surface area is 205 Å². The molecule has 1 fully saturated rings. The van der Waals surface area contributed by atoms with Crippen molar-refractivity contribution in [3.8, 4) is 0 Å². The van der Waals surface area contributed by atoms with Gasteiger partial charge in [0.25, 0.3) is 11.8 Å². The van der Waals surface area contributed by atoms with Gasteiger partial charge >= 0.3 is 0 Å².